The number of carbonyl (C=O) groups excluding carboxylic acids is 2. The van der Waals surface area contributed by atoms with E-state index in [1.165, 1.54) is 17.0 Å². The van der Waals surface area contributed by atoms with Crippen molar-refractivity contribution in [3.63, 3.8) is 0 Å². The molecule has 0 aliphatic carbocycles. The van der Waals surface area contributed by atoms with E-state index < -0.39 is 28.5 Å². The molecule has 3 aromatic carbocycles. The summed E-state index contributed by atoms with van der Waals surface area (Å²) in [5.41, 5.74) is 3.40. The van der Waals surface area contributed by atoms with Gasteiger partial charge in [-0.1, -0.05) is 78.0 Å². The van der Waals surface area contributed by atoms with E-state index >= 15 is 0 Å². The predicted molar refractivity (Wildman–Crippen MR) is 166 cm³/mol. The Bertz CT molecular complexity index is 1470. The standard InChI is InChI=1S/C31H37Cl2N3O4S/c1-6-7-17-34-31(38)24(5)35(19-26-27(32)9-8-10-28(26)33)30(37)20-36(29-16-13-22(3)18-23(29)4)41(39,40)25-14-11-21(2)12-15-25/h8-16,18,24H,6-7,17,19-20H2,1-5H3,(H,34,38). The van der Waals surface area contributed by atoms with Crippen LogP contribution < -0.4 is 9.62 Å². The minimum Gasteiger partial charge on any atom is -0.354 e. The van der Waals surface area contributed by atoms with E-state index in [0.717, 1.165) is 28.3 Å². The number of hydrogen-bond donors (Lipinski definition) is 1. The van der Waals surface area contributed by atoms with Crippen LogP contribution in [0.5, 0.6) is 0 Å². The molecule has 220 valence electrons. The first-order valence-corrected chi connectivity index (χ1v) is 15.7. The molecule has 0 spiro atoms. The zero-order valence-corrected chi connectivity index (χ0v) is 26.4. The smallest absolute Gasteiger partial charge is 0.264 e. The summed E-state index contributed by atoms with van der Waals surface area (Å²) < 4.78 is 29.1. The molecule has 7 nitrogen and oxygen atoms in total. The molecule has 0 aromatic heterocycles. The number of halogens is 2. The average molecular weight is 619 g/mol. The van der Waals surface area contributed by atoms with E-state index in [-0.39, 0.29) is 17.3 Å². The number of carbonyl (C=O) groups is 2. The summed E-state index contributed by atoms with van der Waals surface area (Å²) >= 11 is 12.9. The molecule has 0 radical (unpaired) electrons. The minimum atomic E-state index is -4.15. The average Bonchev–Trinajstić information content (AvgIpc) is 2.92. The molecule has 3 aromatic rings. The third-order valence-corrected chi connectivity index (χ3v) is 9.38. The van der Waals surface area contributed by atoms with Crippen LogP contribution in [0.1, 0.15) is 48.9 Å². The summed E-state index contributed by atoms with van der Waals surface area (Å²) in [6.45, 7) is 9.06. The first-order valence-electron chi connectivity index (χ1n) is 13.5. The number of benzene rings is 3. The van der Waals surface area contributed by atoms with Crippen LogP contribution in [0.4, 0.5) is 5.69 Å². The molecule has 0 aliphatic heterocycles. The van der Waals surface area contributed by atoms with Gasteiger partial charge in [0.25, 0.3) is 10.0 Å². The first-order chi connectivity index (χ1) is 19.4. The number of hydrogen-bond acceptors (Lipinski definition) is 4. The normalized spacial score (nSPS) is 12.1. The van der Waals surface area contributed by atoms with Crippen molar-refractivity contribution < 1.29 is 18.0 Å². The molecule has 1 unspecified atom stereocenters. The molecule has 0 aliphatic rings. The van der Waals surface area contributed by atoms with Crippen molar-refractivity contribution in [2.75, 3.05) is 17.4 Å². The monoisotopic (exact) mass is 617 g/mol. The van der Waals surface area contributed by atoms with Crippen LogP contribution in [0.25, 0.3) is 0 Å². The lowest BCUT2D eigenvalue weighted by molar-refractivity contribution is -0.139. The van der Waals surface area contributed by atoms with E-state index in [2.05, 4.69) is 5.32 Å². The minimum absolute atomic E-state index is 0.0573. The molecule has 0 saturated heterocycles. The van der Waals surface area contributed by atoms with Crippen molar-refractivity contribution in [2.24, 2.45) is 0 Å². The fourth-order valence-corrected chi connectivity index (χ4v) is 6.40. The van der Waals surface area contributed by atoms with E-state index in [1.54, 1.807) is 56.3 Å². The molecular formula is C31H37Cl2N3O4S. The van der Waals surface area contributed by atoms with Gasteiger partial charge in [-0.05, 0) is 70.0 Å². The highest BCUT2D eigenvalue weighted by Gasteiger charge is 2.33. The van der Waals surface area contributed by atoms with Crippen LogP contribution in [0, 0.1) is 20.8 Å². The Balaban J connectivity index is 2.07. The SMILES string of the molecule is CCCCNC(=O)C(C)N(Cc1c(Cl)cccc1Cl)C(=O)CN(c1ccc(C)cc1C)S(=O)(=O)c1ccc(C)cc1. The molecule has 41 heavy (non-hydrogen) atoms. The Kier molecular flexibility index (Phi) is 11.2. The second kappa shape index (κ2) is 14.2. The number of nitrogens with zero attached hydrogens (tertiary/aromatic N) is 2. The zero-order chi connectivity index (χ0) is 30.3. The first kappa shape index (κ1) is 32.4. The van der Waals surface area contributed by atoms with E-state index in [9.17, 15) is 18.0 Å². The molecule has 1 atom stereocenters. The van der Waals surface area contributed by atoms with Gasteiger partial charge in [0.15, 0.2) is 0 Å². The Labute approximate surface area is 253 Å². The lowest BCUT2D eigenvalue weighted by atomic mass is 10.1. The highest BCUT2D eigenvalue weighted by Crippen LogP contribution is 2.30. The van der Waals surface area contributed by atoms with Gasteiger partial charge in [0.2, 0.25) is 11.8 Å². The molecule has 0 heterocycles. The topological polar surface area (TPSA) is 86.8 Å². The number of rotatable bonds is 12. The molecule has 1 N–H and O–H groups in total. The second-order valence-corrected chi connectivity index (χ2v) is 12.8. The Hall–Kier alpha value is -3.07. The highest BCUT2D eigenvalue weighted by atomic mass is 35.5. The number of nitrogens with one attached hydrogen (secondary N) is 1. The van der Waals surface area contributed by atoms with Gasteiger partial charge in [-0.15, -0.1) is 0 Å². The van der Waals surface area contributed by atoms with Crippen LogP contribution in [0.2, 0.25) is 10.0 Å². The zero-order valence-electron chi connectivity index (χ0n) is 24.1. The summed E-state index contributed by atoms with van der Waals surface area (Å²) in [5, 5.41) is 3.55. The highest BCUT2D eigenvalue weighted by molar-refractivity contribution is 7.92. The molecule has 3 rings (SSSR count). The van der Waals surface area contributed by atoms with E-state index in [1.807, 2.05) is 26.8 Å². The van der Waals surface area contributed by atoms with Crippen LogP contribution in [0.15, 0.2) is 65.6 Å². The van der Waals surface area contributed by atoms with Crippen LogP contribution in [0.3, 0.4) is 0 Å². The summed E-state index contributed by atoms with van der Waals surface area (Å²) in [7, 11) is -4.15. The summed E-state index contributed by atoms with van der Waals surface area (Å²) in [5.74, 6) is -0.927. The van der Waals surface area contributed by atoms with Gasteiger partial charge < -0.3 is 10.2 Å². The number of amides is 2. The lowest BCUT2D eigenvalue weighted by Gasteiger charge is -2.33. The molecular weight excluding hydrogens is 581 g/mol. The maximum absolute atomic E-state index is 14.1. The van der Waals surface area contributed by atoms with Gasteiger partial charge in [0.05, 0.1) is 10.6 Å². The van der Waals surface area contributed by atoms with Crippen molar-refractivity contribution in [3.8, 4) is 0 Å². The van der Waals surface area contributed by atoms with Gasteiger partial charge in [0.1, 0.15) is 12.6 Å². The molecule has 0 saturated carbocycles. The van der Waals surface area contributed by atoms with Gasteiger partial charge in [-0.2, -0.15) is 0 Å². The molecule has 0 bridgehead atoms. The number of anilines is 1. The predicted octanol–water partition coefficient (Wildman–Crippen LogP) is 6.45. The van der Waals surface area contributed by atoms with Crippen molar-refractivity contribution in [1.29, 1.82) is 0 Å². The third kappa shape index (κ3) is 8.03. The molecule has 0 fully saturated rings. The number of sulfonamides is 1. The number of aryl methyl sites for hydroxylation is 3. The fourth-order valence-electron chi connectivity index (χ4n) is 4.41. The quantitative estimate of drug-likeness (QED) is 0.237. The molecule has 2 amide bonds. The van der Waals surface area contributed by atoms with Crippen molar-refractivity contribution in [1.82, 2.24) is 10.2 Å². The summed E-state index contributed by atoms with van der Waals surface area (Å²) in [6, 6.07) is 15.9. The maximum Gasteiger partial charge on any atom is 0.264 e. The lowest BCUT2D eigenvalue weighted by Crippen LogP contribution is -2.51. The maximum atomic E-state index is 14.1. The van der Waals surface area contributed by atoms with E-state index in [0.29, 0.717) is 33.4 Å². The van der Waals surface area contributed by atoms with Gasteiger partial charge in [-0.25, -0.2) is 8.42 Å². The number of unbranched alkanes of at least 4 members (excludes halogenated alkanes) is 1. The third-order valence-electron chi connectivity index (χ3n) is 6.90. The second-order valence-electron chi connectivity index (χ2n) is 10.2. The van der Waals surface area contributed by atoms with Crippen molar-refractivity contribution >= 4 is 50.7 Å². The largest absolute Gasteiger partial charge is 0.354 e. The van der Waals surface area contributed by atoms with Crippen LogP contribution in [-0.4, -0.2) is 44.3 Å². The van der Waals surface area contributed by atoms with E-state index in [4.69, 9.17) is 23.2 Å². The van der Waals surface area contributed by atoms with Gasteiger partial charge in [0, 0.05) is 28.7 Å². The van der Waals surface area contributed by atoms with Crippen molar-refractivity contribution in [3.05, 3.63) is 93.0 Å². The summed E-state index contributed by atoms with van der Waals surface area (Å²) in [4.78, 5) is 28.6. The van der Waals surface area contributed by atoms with Crippen LogP contribution >= 0.6 is 23.2 Å². The Morgan fingerprint density at radius 2 is 1.54 bits per heavy atom. The van der Waals surface area contributed by atoms with Crippen LogP contribution in [-0.2, 0) is 26.2 Å². The van der Waals surface area contributed by atoms with Gasteiger partial charge in [-0.3, -0.25) is 13.9 Å². The van der Waals surface area contributed by atoms with Gasteiger partial charge >= 0.3 is 0 Å². The molecule has 10 heteroatoms. The fraction of sp³-hybridized carbons (Fsp3) is 0.355. The Morgan fingerprint density at radius 3 is 2.12 bits per heavy atom. The Morgan fingerprint density at radius 1 is 0.927 bits per heavy atom. The summed E-state index contributed by atoms with van der Waals surface area (Å²) in [6.07, 6.45) is 1.69. The van der Waals surface area contributed by atoms with Crippen molar-refractivity contribution in [2.45, 2.75) is 64.9 Å².